The molecule has 5 rings (SSSR count). The van der Waals surface area contributed by atoms with Gasteiger partial charge in [0.05, 0.1) is 18.7 Å². The van der Waals surface area contributed by atoms with Crippen LogP contribution in [0.1, 0.15) is 35.6 Å². The highest BCUT2D eigenvalue weighted by atomic mass is 19.1. The minimum Gasteiger partial charge on any atom is -0.357 e. The first-order valence-corrected chi connectivity index (χ1v) is 9.60. The lowest BCUT2D eigenvalue weighted by Gasteiger charge is -2.12. The number of carbonyl (C=O) groups excluding carboxylic acids is 1. The molecule has 8 nitrogen and oxygen atoms in total. The molecular formula is C20H19FN6O2. The molecule has 1 aromatic carbocycles. The van der Waals surface area contributed by atoms with Crippen LogP contribution in [0.15, 0.2) is 29.1 Å². The summed E-state index contributed by atoms with van der Waals surface area (Å²) in [6.45, 7) is 0.280. The first-order chi connectivity index (χ1) is 14.1. The second-order valence-electron chi connectivity index (χ2n) is 7.33. The number of carbonyl (C=O) groups is 1. The highest BCUT2D eigenvalue weighted by Crippen LogP contribution is 2.17. The van der Waals surface area contributed by atoms with Crippen molar-refractivity contribution in [2.45, 2.75) is 38.6 Å². The van der Waals surface area contributed by atoms with E-state index in [-0.39, 0.29) is 30.2 Å². The van der Waals surface area contributed by atoms with E-state index in [4.69, 9.17) is 0 Å². The standard InChI is InChI=1S/C20H19FN6O2/c21-12-5-6-15-11(7-12)8-13(23-15)10-22-18(28)9-17-25-20-24-16-4-2-1-3-14(16)19(29)27(20)26-17/h5-8,23H,1-4,9-10H2,(H,22,28)(H,24,25,26). The van der Waals surface area contributed by atoms with Crippen molar-refractivity contribution in [1.82, 2.24) is 29.9 Å². The Labute approximate surface area is 164 Å². The number of aryl methyl sites for hydroxylation is 1. The van der Waals surface area contributed by atoms with Gasteiger partial charge in [-0.25, -0.2) is 9.37 Å². The SMILES string of the molecule is O=C(Cc1nc2nc3c(c(=O)n2[nH]1)CCCC3)NCc1cc2cc(F)ccc2[nH]1. The molecule has 0 aliphatic heterocycles. The first-order valence-electron chi connectivity index (χ1n) is 9.60. The summed E-state index contributed by atoms with van der Waals surface area (Å²) in [7, 11) is 0. The van der Waals surface area contributed by atoms with Gasteiger partial charge in [0.2, 0.25) is 5.91 Å². The lowest BCUT2D eigenvalue weighted by Crippen LogP contribution is -2.26. The predicted octanol–water partition coefficient (Wildman–Crippen LogP) is 1.78. The van der Waals surface area contributed by atoms with Crippen molar-refractivity contribution >= 4 is 22.6 Å². The van der Waals surface area contributed by atoms with Gasteiger partial charge in [0, 0.05) is 22.2 Å². The summed E-state index contributed by atoms with van der Waals surface area (Å²) in [4.78, 5) is 36.9. The quantitative estimate of drug-likeness (QED) is 0.490. The zero-order valence-electron chi connectivity index (χ0n) is 15.6. The fraction of sp³-hybridized carbons (Fsp3) is 0.300. The number of H-pyrrole nitrogens is 2. The van der Waals surface area contributed by atoms with Crippen molar-refractivity contribution in [3.63, 3.8) is 0 Å². The third kappa shape index (κ3) is 3.28. The normalized spacial score (nSPS) is 13.7. The summed E-state index contributed by atoms with van der Waals surface area (Å²) in [5.74, 6) is 0.137. The van der Waals surface area contributed by atoms with E-state index < -0.39 is 0 Å². The zero-order chi connectivity index (χ0) is 20.0. The molecule has 0 spiro atoms. The summed E-state index contributed by atoms with van der Waals surface area (Å²) >= 11 is 0. The monoisotopic (exact) mass is 394 g/mol. The number of fused-ring (bicyclic) bond motifs is 3. The molecule has 3 heterocycles. The molecule has 9 heteroatoms. The number of halogens is 1. The van der Waals surface area contributed by atoms with E-state index in [9.17, 15) is 14.0 Å². The first kappa shape index (κ1) is 17.6. The van der Waals surface area contributed by atoms with Gasteiger partial charge in [-0.1, -0.05) is 0 Å². The number of hydrogen-bond donors (Lipinski definition) is 3. The van der Waals surface area contributed by atoms with E-state index in [1.54, 1.807) is 12.1 Å². The molecule has 0 radical (unpaired) electrons. The number of nitrogens with one attached hydrogen (secondary N) is 3. The van der Waals surface area contributed by atoms with Crippen molar-refractivity contribution in [2.24, 2.45) is 0 Å². The van der Waals surface area contributed by atoms with Gasteiger partial charge in [-0.05, 0) is 49.9 Å². The minimum atomic E-state index is -0.303. The van der Waals surface area contributed by atoms with Gasteiger partial charge in [-0.3, -0.25) is 14.7 Å². The van der Waals surface area contributed by atoms with Crippen molar-refractivity contribution < 1.29 is 9.18 Å². The number of aromatic amines is 2. The lowest BCUT2D eigenvalue weighted by atomic mass is 9.97. The van der Waals surface area contributed by atoms with Gasteiger partial charge < -0.3 is 10.3 Å². The van der Waals surface area contributed by atoms with Crippen LogP contribution in [0.25, 0.3) is 16.7 Å². The average Bonchev–Trinajstić information content (AvgIpc) is 3.29. The maximum atomic E-state index is 13.3. The highest BCUT2D eigenvalue weighted by molar-refractivity contribution is 5.81. The molecule has 0 atom stereocenters. The summed E-state index contributed by atoms with van der Waals surface area (Å²) in [5, 5.41) is 6.45. The van der Waals surface area contributed by atoms with Crippen LogP contribution in [-0.2, 0) is 30.6 Å². The maximum absolute atomic E-state index is 13.3. The molecule has 3 N–H and O–H groups in total. The molecule has 3 aromatic heterocycles. The summed E-state index contributed by atoms with van der Waals surface area (Å²) < 4.78 is 14.6. The number of nitrogens with zero attached hydrogens (tertiary/aromatic N) is 3. The van der Waals surface area contributed by atoms with Crippen LogP contribution in [0.2, 0.25) is 0 Å². The van der Waals surface area contributed by atoms with Crippen LogP contribution in [0.3, 0.4) is 0 Å². The third-order valence-corrected chi connectivity index (χ3v) is 5.25. The highest BCUT2D eigenvalue weighted by Gasteiger charge is 2.19. The number of aromatic nitrogens is 5. The molecule has 29 heavy (non-hydrogen) atoms. The van der Waals surface area contributed by atoms with E-state index in [1.165, 1.54) is 16.6 Å². The molecule has 148 valence electrons. The average molecular weight is 394 g/mol. The third-order valence-electron chi connectivity index (χ3n) is 5.25. The van der Waals surface area contributed by atoms with E-state index in [0.717, 1.165) is 53.5 Å². The maximum Gasteiger partial charge on any atom is 0.277 e. The molecule has 1 amide bonds. The largest absolute Gasteiger partial charge is 0.357 e. The predicted molar refractivity (Wildman–Crippen MR) is 104 cm³/mol. The summed E-state index contributed by atoms with van der Waals surface area (Å²) in [5.41, 5.74) is 3.01. The molecule has 1 aliphatic rings. The fourth-order valence-electron chi connectivity index (χ4n) is 3.84. The van der Waals surface area contributed by atoms with Gasteiger partial charge >= 0.3 is 0 Å². The Morgan fingerprint density at radius 2 is 2.07 bits per heavy atom. The van der Waals surface area contributed by atoms with E-state index >= 15 is 0 Å². The van der Waals surface area contributed by atoms with Gasteiger partial charge in [0.1, 0.15) is 11.6 Å². The molecule has 0 unspecified atom stereocenters. The molecule has 0 saturated heterocycles. The lowest BCUT2D eigenvalue weighted by molar-refractivity contribution is -0.120. The van der Waals surface area contributed by atoms with Crippen molar-refractivity contribution in [3.8, 4) is 0 Å². The zero-order valence-corrected chi connectivity index (χ0v) is 15.6. The van der Waals surface area contributed by atoms with Crippen LogP contribution in [0.4, 0.5) is 4.39 Å². The molecular weight excluding hydrogens is 375 g/mol. The Bertz CT molecular complexity index is 1300. The minimum absolute atomic E-state index is 0.00230. The van der Waals surface area contributed by atoms with E-state index in [0.29, 0.717) is 11.6 Å². The molecule has 0 bridgehead atoms. The Balaban J connectivity index is 1.30. The number of rotatable bonds is 4. The summed E-state index contributed by atoms with van der Waals surface area (Å²) in [6.07, 6.45) is 3.53. The molecule has 1 aliphatic carbocycles. The second kappa shape index (κ2) is 6.84. The van der Waals surface area contributed by atoms with Crippen LogP contribution in [-0.4, -0.2) is 30.5 Å². The van der Waals surface area contributed by atoms with E-state index in [1.807, 2.05) is 0 Å². The van der Waals surface area contributed by atoms with Gasteiger partial charge in [-0.15, -0.1) is 0 Å². The van der Waals surface area contributed by atoms with Gasteiger partial charge in [0.25, 0.3) is 11.3 Å². The molecule has 0 saturated carbocycles. The molecule has 4 aromatic rings. The van der Waals surface area contributed by atoms with Crippen molar-refractivity contribution in [1.29, 1.82) is 0 Å². The smallest absolute Gasteiger partial charge is 0.277 e. The van der Waals surface area contributed by atoms with Crippen LogP contribution < -0.4 is 10.9 Å². The number of amides is 1. The van der Waals surface area contributed by atoms with Crippen LogP contribution in [0.5, 0.6) is 0 Å². The van der Waals surface area contributed by atoms with Crippen LogP contribution in [0, 0.1) is 5.82 Å². The van der Waals surface area contributed by atoms with Gasteiger partial charge in [0.15, 0.2) is 0 Å². The topological polar surface area (TPSA) is 108 Å². The van der Waals surface area contributed by atoms with Crippen molar-refractivity contribution in [3.05, 3.63) is 63.2 Å². The van der Waals surface area contributed by atoms with Crippen LogP contribution >= 0.6 is 0 Å². The fourth-order valence-corrected chi connectivity index (χ4v) is 3.84. The van der Waals surface area contributed by atoms with Gasteiger partial charge in [-0.2, -0.15) is 9.50 Å². The Kier molecular flexibility index (Phi) is 4.15. The Hall–Kier alpha value is -3.49. The molecule has 0 fully saturated rings. The van der Waals surface area contributed by atoms with E-state index in [2.05, 4.69) is 25.4 Å². The Morgan fingerprint density at radius 3 is 2.97 bits per heavy atom. The second-order valence-corrected chi connectivity index (χ2v) is 7.33. The Morgan fingerprint density at radius 1 is 1.21 bits per heavy atom. The number of hydrogen-bond acceptors (Lipinski definition) is 4. The number of benzene rings is 1. The summed E-state index contributed by atoms with van der Waals surface area (Å²) in [6, 6.07) is 6.29. The van der Waals surface area contributed by atoms with Crippen molar-refractivity contribution in [2.75, 3.05) is 0 Å².